The van der Waals surface area contributed by atoms with Gasteiger partial charge in [0, 0.05) is 76.1 Å². The number of anilines is 2. The Balaban J connectivity index is 1.62. The molecule has 0 spiro atoms. The number of nitrogens with zero attached hydrogens (tertiary/aromatic N) is 4. The summed E-state index contributed by atoms with van der Waals surface area (Å²) in [5, 5.41) is 18.0. The van der Waals surface area contributed by atoms with Crippen LogP contribution < -0.4 is 10.6 Å². The highest BCUT2D eigenvalue weighted by molar-refractivity contribution is 9.10. The number of pyridine rings is 1. The van der Waals surface area contributed by atoms with Crippen molar-refractivity contribution in [2.45, 2.75) is 30.9 Å². The molecule has 2 saturated heterocycles. The van der Waals surface area contributed by atoms with Crippen molar-refractivity contribution in [2.24, 2.45) is 0 Å². The monoisotopic (exact) mass is 596 g/mol. The second-order valence-corrected chi connectivity index (χ2v) is 10.1. The van der Waals surface area contributed by atoms with E-state index in [1.54, 1.807) is 24.2 Å². The van der Waals surface area contributed by atoms with E-state index in [9.17, 15) is 28.5 Å². The maximum Gasteiger partial charge on any atom is 0.294 e. The van der Waals surface area contributed by atoms with E-state index in [-0.39, 0.29) is 49.0 Å². The average Bonchev–Trinajstić information content (AvgIpc) is 3.31. The minimum absolute atomic E-state index is 0.0261. The zero-order valence-corrected chi connectivity index (χ0v) is 22.3. The second kappa shape index (κ2) is 11.2. The number of carbonyl (C=O) groups excluding carboxylic acids is 2. The Kier molecular flexibility index (Phi) is 8.11. The number of carbonyl (C=O) groups is 2. The third-order valence-corrected chi connectivity index (χ3v) is 7.21. The Hall–Kier alpha value is -3.39. The van der Waals surface area contributed by atoms with Gasteiger partial charge < -0.3 is 25.2 Å². The number of benzene rings is 1. The molecule has 2 aliphatic rings. The van der Waals surface area contributed by atoms with Gasteiger partial charge in [-0.3, -0.25) is 24.7 Å². The first-order valence-electron chi connectivity index (χ1n) is 11.9. The number of ether oxygens (including phenoxy) is 1. The van der Waals surface area contributed by atoms with E-state index in [1.807, 2.05) is 0 Å². The van der Waals surface area contributed by atoms with Gasteiger partial charge in [-0.1, -0.05) is 15.9 Å². The fourth-order valence-corrected chi connectivity index (χ4v) is 5.09. The molecule has 38 heavy (non-hydrogen) atoms. The van der Waals surface area contributed by atoms with Gasteiger partial charge in [0.1, 0.15) is 5.69 Å². The summed E-state index contributed by atoms with van der Waals surface area (Å²) in [5.74, 6) is -3.74. The van der Waals surface area contributed by atoms with Crippen molar-refractivity contribution in [1.82, 2.24) is 14.8 Å². The summed E-state index contributed by atoms with van der Waals surface area (Å²) in [4.78, 5) is 44.8. The number of rotatable bonds is 7. The lowest BCUT2D eigenvalue weighted by Gasteiger charge is -2.32. The molecule has 0 unspecified atom stereocenters. The molecule has 2 amide bonds. The minimum atomic E-state index is -2.85. The molecule has 2 N–H and O–H groups in total. The number of likely N-dealkylation sites (tertiary alicyclic amines) is 2. The standard InChI is InChI=1S/C24H27BrF2N6O5/c1-28-16-7-14(10-29-11-16)22(34)32-12-18(20(13-32)38-2)30-21-17(8-15(25)9-19(21)33(36)37)23(35)31-5-3-24(26,27)4-6-31/h7-11,18,20,28,30H,3-6,12-13H2,1-2H3/t18-,20-/m0/s1. The lowest BCUT2D eigenvalue weighted by molar-refractivity contribution is -0.384. The lowest BCUT2D eigenvalue weighted by atomic mass is 10.0. The smallest absolute Gasteiger partial charge is 0.294 e. The molecule has 2 atom stereocenters. The molecule has 204 valence electrons. The van der Waals surface area contributed by atoms with Crippen LogP contribution in [0, 0.1) is 10.1 Å². The largest absolute Gasteiger partial charge is 0.387 e. The SMILES string of the molecule is CNc1cncc(C(=O)N2C[C@H](Nc3c(C(=O)N4CCC(F)(F)CC4)cc(Br)cc3[N+](=O)[O-])[C@@H](OC)C2)c1. The molecule has 0 aliphatic carbocycles. The molecule has 2 aromatic rings. The number of nitro benzene ring substituents is 1. The van der Waals surface area contributed by atoms with Crippen LogP contribution in [0.1, 0.15) is 33.6 Å². The molecule has 3 heterocycles. The molecule has 1 aromatic carbocycles. The highest BCUT2D eigenvalue weighted by atomic mass is 79.9. The number of halogens is 3. The maximum atomic E-state index is 13.7. The van der Waals surface area contributed by atoms with E-state index in [0.717, 1.165) is 0 Å². The molecule has 2 aliphatic heterocycles. The van der Waals surface area contributed by atoms with Crippen molar-refractivity contribution < 1.29 is 28.0 Å². The highest BCUT2D eigenvalue weighted by Gasteiger charge is 2.40. The fourth-order valence-electron chi connectivity index (χ4n) is 4.64. The van der Waals surface area contributed by atoms with E-state index < -0.39 is 41.7 Å². The quantitative estimate of drug-likeness (QED) is 0.366. The first kappa shape index (κ1) is 27.6. The number of nitrogens with one attached hydrogen (secondary N) is 2. The highest BCUT2D eigenvalue weighted by Crippen LogP contribution is 2.36. The zero-order chi connectivity index (χ0) is 27.6. The van der Waals surface area contributed by atoms with Crippen LogP contribution in [0.15, 0.2) is 35.1 Å². The Morgan fingerprint density at radius 2 is 1.87 bits per heavy atom. The molecule has 2 fully saturated rings. The van der Waals surface area contributed by atoms with Crippen molar-refractivity contribution in [3.8, 4) is 0 Å². The van der Waals surface area contributed by atoms with Gasteiger partial charge >= 0.3 is 0 Å². The number of amides is 2. The summed E-state index contributed by atoms with van der Waals surface area (Å²) in [6.45, 7) is -0.00108. The molecule has 11 nitrogen and oxygen atoms in total. The van der Waals surface area contributed by atoms with Gasteiger partial charge in [0.2, 0.25) is 0 Å². The Bertz CT molecular complexity index is 1240. The van der Waals surface area contributed by atoms with E-state index in [1.165, 1.54) is 30.3 Å². The fraction of sp³-hybridized carbons (Fsp3) is 0.458. The van der Waals surface area contributed by atoms with Crippen LogP contribution in [-0.4, -0.2) is 89.9 Å². The lowest BCUT2D eigenvalue weighted by Crippen LogP contribution is -2.43. The Labute approximate surface area is 225 Å². The number of methoxy groups -OCH3 is 1. The molecular weight excluding hydrogens is 570 g/mol. The first-order valence-corrected chi connectivity index (χ1v) is 12.7. The predicted molar refractivity (Wildman–Crippen MR) is 139 cm³/mol. The topological polar surface area (TPSA) is 130 Å². The molecule has 1 aromatic heterocycles. The van der Waals surface area contributed by atoms with Crippen molar-refractivity contribution in [3.63, 3.8) is 0 Å². The van der Waals surface area contributed by atoms with Gasteiger partial charge in [-0.2, -0.15) is 0 Å². The third-order valence-electron chi connectivity index (χ3n) is 6.75. The van der Waals surface area contributed by atoms with E-state index >= 15 is 0 Å². The van der Waals surface area contributed by atoms with Crippen LogP contribution in [0.2, 0.25) is 0 Å². The van der Waals surface area contributed by atoms with E-state index in [4.69, 9.17) is 4.74 Å². The maximum absolute atomic E-state index is 13.7. The number of hydrogen-bond donors (Lipinski definition) is 2. The summed E-state index contributed by atoms with van der Waals surface area (Å²) < 4.78 is 33.2. The van der Waals surface area contributed by atoms with Gasteiger partial charge in [-0.25, -0.2) is 8.78 Å². The van der Waals surface area contributed by atoms with Crippen LogP contribution in [0.4, 0.5) is 25.8 Å². The van der Waals surface area contributed by atoms with Gasteiger partial charge in [0.15, 0.2) is 0 Å². The van der Waals surface area contributed by atoms with Crippen LogP contribution in [0.3, 0.4) is 0 Å². The molecule has 4 rings (SSSR count). The van der Waals surface area contributed by atoms with Crippen molar-refractivity contribution in [3.05, 3.63) is 56.3 Å². The zero-order valence-electron chi connectivity index (χ0n) is 20.7. The van der Waals surface area contributed by atoms with Crippen molar-refractivity contribution in [2.75, 3.05) is 51.0 Å². The van der Waals surface area contributed by atoms with E-state index in [2.05, 4.69) is 31.5 Å². The molecule has 0 saturated carbocycles. The number of nitro groups is 1. The van der Waals surface area contributed by atoms with Crippen LogP contribution in [-0.2, 0) is 4.74 Å². The number of hydrogen-bond acceptors (Lipinski definition) is 8. The number of piperidine rings is 1. The summed E-state index contributed by atoms with van der Waals surface area (Å²) in [6.07, 6.45) is 1.53. The second-order valence-electron chi connectivity index (χ2n) is 9.20. The Morgan fingerprint density at radius 3 is 2.50 bits per heavy atom. The van der Waals surface area contributed by atoms with E-state index in [0.29, 0.717) is 15.7 Å². The summed E-state index contributed by atoms with van der Waals surface area (Å²) in [5.41, 5.74) is 0.579. The molecule has 0 radical (unpaired) electrons. The number of alkyl halides is 2. The van der Waals surface area contributed by atoms with Gasteiger partial charge in [0.25, 0.3) is 23.4 Å². The molecule has 14 heteroatoms. The summed E-state index contributed by atoms with van der Waals surface area (Å²) >= 11 is 3.22. The van der Waals surface area contributed by atoms with Crippen LogP contribution in [0.5, 0.6) is 0 Å². The van der Waals surface area contributed by atoms with Crippen molar-refractivity contribution >= 4 is 44.8 Å². The first-order chi connectivity index (χ1) is 18.0. The van der Waals surface area contributed by atoms with Gasteiger partial charge in [0.05, 0.1) is 33.9 Å². The van der Waals surface area contributed by atoms with Gasteiger partial charge in [-0.15, -0.1) is 0 Å². The van der Waals surface area contributed by atoms with Crippen LogP contribution in [0.25, 0.3) is 0 Å². The minimum Gasteiger partial charge on any atom is -0.387 e. The van der Waals surface area contributed by atoms with Crippen molar-refractivity contribution in [1.29, 1.82) is 0 Å². The summed E-state index contributed by atoms with van der Waals surface area (Å²) in [7, 11) is 3.17. The number of aromatic nitrogens is 1. The van der Waals surface area contributed by atoms with Crippen LogP contribution >= 0.6 is 15.9 Å². The average molecular weight is 597 g/mol. The summed E-state index contributed by atoms with van der Waals surface area (Å²) in [6, 6.07) is 3.76. The molecule has 0 bridgehead atoms. The predicted octanol–water partition coefficient (Wildman–Crippen LogP) is 3.62. The Morgan fingerprint density at radius 1 is 1.16 bits per heavy atom. The van der Waals surface area contributed by atoms with Gasteiger partial charge in [-0.05, 0) is 12.1 Å². The molecular formula is C24H27BrF2N6O5. The third kappa shape index (κ3) is 5.85. The normalized spacial score (nSPS) is 20.8.